The van der Waals surface area contributed by atoms with Crippen LogP contribution in [0, 0.1) is 23.7 Å². The summed E-state index contributed by atoms with van der Waals surface area (Å²) in [5, 5.41) is 7.26. The summed E-state index contributed by atoms with van der Waals surface area (Å²) in [4.78, 5) is 42.8. The molecule has 0 saturated heterocycles. The molecule has 2 fully saturated rings. The molecule has 2 aliphatic carbocycles. The van der Waals surface area contributed by atoms with Gasteiger partial charge >= 0.3 is 17.9 Å². The molecule has 342 valence electrons. The van der Waals surface area contributed by atoms with Crippen molar-refractivity contribution < 1.29 is 38.1 Å². The van der Waals surface area contributed by atoms with Crippen LogP contribution in [0.5, 0.6) is 23.0 Å². The summed E-state index contributed by atoms with van der Waals surface area (Å²) >= 11 is 1.50. The number of hydrogen-bond acceptors (Lipinski definition) is 12. The van der Waals surface area contributed by atoms with Gasteiger partial charge in [-0.05, 0) is 142 Å². The van der Waals surface area contributed by atoms with Gasteiger partial charge < -0.3 is 23.7 Å². The molecule has 0 amide bonds. The Morgan fingerprint density at radius 2 is 1.28 bits per heavy atom. The predicted octanol–water partition coefficient (Wildman–Crippen LogP) is 11.4. The number of benzene rings is 4. The summed E-state index contributed by atoms with van der Waals surface area (Å²) in [6.45, 7) is 9.15. The van der Waals surface area contributed by atoms with E-state index in [0.29, 0.717) is 52.8 Å². The van der Waals surface area contributed by atoms with Crippen LogP contribution in [-0.4, -0.2) is 55.5 Å². The Labute approximate surface area is 386 Å². The van der Waals surface area contributed by atoms with E-state index in [0.717, 1.165) is 93.3 Å². The maximum Gasteiger partial charge on any atom is 0.330 e. The van der Waals surface area contributed by atoms with Crippen LogP contribution in [0.2, 0.25) is 0 Å². The predicted molar refractivity (Wildman–Crippen MR) is 256 cm³/mol. The summed E-state index contributed by atoms with van der Waals surface area (Å²) < 4.78 is 30.8. The molecule has 0 aliphatic heterocycles. The number of rotatable bonds is 21. The smallest absolute Gasteiger partial charge is 0.330 e. The van der Waals surface area contributed by atoms with E-state index < -0.39 is 5.97 Å². The number of hydrazone groups is 1. The zero-order valence-electron chi connectivity index (χ0n) is 37.7. The van der Waals surface area contributed by atoms with E-state index in [1.54, 1.807) is 11.2 Å². The number of thiazole rings is 1. The molecule has 7 rings (SSSR count). The Bertz CT molecular complexity index is 2330. The molecule has 0 atom stereocenters. The van der Waals surface area contributed by atoms with Crippen molar-refractivity contribution in [3.05, 3.63) is 120 Å². The lowest BCUT2D eigenvalue weighted by Crippen LogP contribution is -2.28. The number of carbonyl (C=O) groups excluding carboxylic acids is 3. The lowest BCUT2D eigenvalue weighted by Gasteiger charge is -2.28. The van der Waals surface area contributed by atoms with E-state index in [-0.39, 0.29) is 42.8 Å². The molecule has 0 unspecified atom stereocenters. The van der Waals surface area contributed by atoms with Gasteiger partial charge in [0.15, 0.2) is 0 Å². The molecule has 0 N–H and O–H groups in total. The van der Waals surface area contributed by atoms with Gasteiger partial charge in [0.2, 0.25) is 5.13 Å². The van der Waals surface area contributed by atoms with E-state index in [4.69, 9.17) is 33.8 Å². The van der Waals surface area contributed by atoms with Crippen molar-refractivity contribution in [2.45, 2.75) is 90.9 Å². The standard InChI is InChI=1S/C53H61N3O8S/c1-4-9-37-17-25-44(26-18-37)63-51(58)41-21-13-39(14-22-41)35-61-46-29-30-48(62-36-40-15-23-42(24-16-40)52(59)64-45-27-19-38(10-5-2)20-28-45)43(33-46)34-54-56(31-32-60-50(57)6-3)53-55-47-11-7-8-12-49(47)65-53/h6-8,11-12,17-20,25-30,33-34,39-42H,3-5,9-10,13-16,21-24,31-32,35-36H2,1-2H3/b54-34+. The molecule has 0 radical (unpaired) electrons. The summed E-state index contributed by atoms with van der Waals surface area (Å²) in [6.07, 6.45) is 13.4. The molecule has 2 saturated carbocycles. The molecular formula is C53H61N3O8S. The van der Waals surface area contributed by atoms with E-state index >= 15 is 0 Å². The highest BCUT2D eigenvalue weighted by molar-refractivity contribution is 7.22. The van der Waals surface area contributed by atoms with Crippen molar-refractivity contribution in [1.82, 2.24) is 4.98 Å². The SMILES string of the molecule is C=CC(=O)OCCN(/N=C/c1cc(OCC2CCC(C(=O)Oc3ccc(CCC)cc3)CC2)ccc1OCC1CCC(C(=O)Oc2ccc(CCC)cc2)CC1)c1nc2ccccc2s1. The number of ether oxygens (including phenoxy) is 5. The first-order valence-electron chi connectivity index (χ1n) is 23.2. The lowest BCUT2D eigenvalue weighted by atomic mass is 9.82. The largest absolute Gasteiger partial charge is 0.493 e. The third kappa shape index (κ3) is 13.7. The number of anilines is 1. The number of nitrogens with zero attached hydrogens (tertiary/aromatic N) is 3. The van der Waals surface area contributed by atoms with Crippen LogP contribution < -0.4 is 24.0 Å². The summed E-state index contributed by atoms with van der Waals surface area (Å²) in [6, 6.07) is 29.3. The Hall–Kier alpha value is -6.01. The molecule has 11 nitrogen and oxygen atoms in total. The normalized spacial score (nSPS) is 18.5. The van der Waals surface area contributed by atoms with Gasteiger partial charge in [-0.25, -0.2) is 14.8 Å². The van der Waals surface area contributed by atoms with Crippen molar-refractivity contribution in [3.63, 3.8) is 0 Å². The van der Waals surface area contributed by atoms with Crippen LogP contribution in [0.1, 0.15) is 94.7 Å². The molecular weight excluding hydrogens is 839 g/mol. The second kappa shape index (κ2) is 23.8. The van der Waals surface area contributed by atoms with Crippen molar-refractivity contribution in [3.8, 4) is 23.0 Å². The lowest BCUT2D eigenvalue weighted by molar-refractivity contribution is -0.141. The number of hydrogen-bond donors (Lipinski definition) is 0. The first-order chi connectivity index (χ1) is 31.8. The fourth-order valence-electron chi connectivity index (χ4n) is 8.42. The minimum absolute atomic E-state index is 0.0815. The van der Waals surface area contributed by atoms with Crippen LogP contribution >= 0.6 is 11.3 Å². The third-order valence-electron chi connectivity index (χ3n) is 12.2. The fraction of sp³-hybridized carbons (Fsp3) is 0.415. The zero-order valence-corrected chi connectivity index (χ0v) is 38.5. The molecule has 4 aromatic carbocycles. The van der Waals surface area contributed by atoms with Crippen LogP contribution in [0.15, 0.2) is 109 Å². The minimum atomic E-state index is -0.511. The number of aromatic nitrogens is 1. The van der Waals surface area contributed by atoms with E-state index in [1.807, 2.05) is 91.0 Å². The number of esters is 3. The first-order valence-corrected chi connectivity index (χ1v) is 24.1. The molecule has 1 aromatic heterocycles. The highest BCUT2D eigenvalue weighted by Crippen LogP contribution is 2.34. The molecule has 12 heteroatoms. The Kier molecular flexibility index (Phi) is 17.2. The average Bonchev–Trinajstić information content (AvgIpc) is 3.77. The van der Waals surface area contributed by atoms with E-state index in [1.165, 1.54) is 22.5 Å². The van der Waals surface area contributed by atoms with Gasteiger partial charge in [-0.3, -0.25) is 9.59 Å². The van der Waals surface area contributed by atoms with Gasteiger partial charge in [-0.15, -0.1) is 0 Å². The van der Waals surface area contributed by atoms with Crippen LogP contribution in [0.3, 0.4) is 0 Å². The van der Waals surface area contributed by atoms with Gasteiger partial charge in [0.1, 0.15) is 29.6 Å². The second-order valence-corrected chi connectivity index (χ2v) is 18.1. The van der Waals surface area contributed by atoms with Crippen molar-refractivity contribution in [1.29, 1.82) is 0 Å². The number of aryl methyl sites for hydroxylation is 2. The Balaban J connectivity index is 0.990. The number of para-hydroxylation sites is 1. The molecule has 2 aliphatic rings. The quantitative estimate of drug-likeness (QED) is 0.0231. The molecule has 0 bridgehead atoms. The van der Waals surface area contributed by atoms with Crippen molar-refractivity contribution in [2.24, 2.45) is 28.8 Å². The Morgan fingerprint density at radius 3 is 1.83 bits per heavy atom. The van der Waals surface area contributed by atoms with Crippen LogP contribution in [0.25, 0.3) is 10.2 Å². The molecule has 65 heavy (non-hydrogen) atoms. The minimum Gasteiger partial charge on any atom is -0.493 e. The summed E-state index contributed by atoms with van der Waals surface area (Å²) in [5.41, 5.74) is 4.04. The summed E-state index contributed by atoms with van der Waals surface area (Å²) in [5.74, 6) is 1.97. The monoisotopic (exact) mass is 899 g/mol. The van der Waals surface area contributed by atoms with Crippen LogP contribution in [-0.2, 0) is 32.0 Å². The van der Waals surface area contributed by atoms with E-state index in [2.05, 4.69) is 20.4 Å². The maximum absolute atomic E-state index is 13.1. The molecule has 5 aromatic rings. The topological polar surface area (TPSA) is 126 Å². The van der Waals surface area contributed by atoms with Gasteiger partial charge in [0, 0.05) is 11.6 Å². The van der Waals surface area contributed by atoms with Crippen molar-refractivity contribution in [2.75, 3.05) is 31.4 Å². The Morgan fingerprint density at radius 1 is 0.723 bits per heavy atom. The van der Waals surface area contributed by atoms with Gasteiger partial charge in [-0.2, -0.15) is 5.10 Å². The van der Waals surface area contributed by atoms with Crippen LogP contribution in [0.4, 0.5) is 5.13 Å². The molecule has 0 spiro atoms. The third-order valence-corrected chi connectivity index (χ3v) is 13.3. The summed E-state index contributed by atoms with van der Waals surface area (Å²) in [7, 11) is 0. The number of carbonyl (C=O) groups is 3. The van der Waals surface area contributed by atoms with Gasteiger partial charge in [0.05, 0.1) is 48.0 Å². The fourth-order valence-corrected chi connectivity index (χ4v) is 9.37. The first kappa shape index (κ1) is 47.0. The second-order valence-electron chi connectivity index (χ2n) is 17.1. The highest BCUT2D eigenvalue weighted by atomic mass is 32.1. The number of fused-ring (bicyclic) bond motifs is 1. The zero-order chi connectivity index (χ0) is 45.4. The van der Waals surface area contributed by atoms with Gasteiger partial charge in [0.25, 0.3) is 0 Å². The van der Waals surface area contributed by atoms with Crippen molar-refractivity contribution >= 4 is 50.8 Å². The maximum atomic E-state index is 13.1. The highest BCUT2D eigenvalue weighted by Gasteiger charge is 2.30. The van der Waals surface area contributed by atoms with Gasteiger partial charge in [-0.1, -0.05) is 81.0 Å². The van der Waals surface area contributed by atoms with E-state index in [9.17, 15) is 14.4 Å². The molecule has 1 heterocycles. The average molecular weight is 900 g/mol.